The maximum Gasteiger partial charge on any atom is 0.284 e. The van der Waals surface area contributed by atoms with Crippen LogP contribution < -0.4 is 15.5 Å². The number of hydrogen-bond donors (Lipinski definition) is 2. The van der Waals surface area contributed by atoms with Crippen molar-refractivity contribution >= 4 is 23.1 Å². The largest absolute Gasteiger partial charge is 0.371 e. The maximum atomic E-state index is 14.1. The van der Waals surface area contributed by atoms with Crippen molar-refractivity contribution in [3.05, 3.63) is 35.9 Å². The Morgan fingerprint density at radius 1 is 1.09 bits per heavy atom. The van der Waals surface area contributed by atoms with Crippen molar-refractivity contribution in [2.24, 2.45) is 11.8 Å². The van der Waals surface area contributed by atoms with E-state index < -0.39 is 18.0 Å². The summed E-state index contributed by atoms with van der Waals surface area (Å²) in [6, 6.07) is 1.92. The number of amides is 1. The molecule has 0 radical (unpaired) electrons. The number of nitrogens with one attached hydrogen (secondary N) is 2. The molecule has 244 valence electrons. The number of nitrogens with zero attached hydrogens (tertiary/aromatic N) is 7. The summed E-state index contributed by atoms with van der Waals surface area (Å²) in [4.78, 5) is 22.8. The molecule has 3 saturated heterocycles. The monoisotopic (exact) mass is 625 g/mol. The third-order valence-corrected chi connectivity index (χ3v) is 10.3. The summed E-state index contributed by atoms with van der Waals surface area (Å²) in [6.07, 6.45) is 12.1. The molecule has 2 unspecified atom stereocenters. The van der Waals surface area contributed by atoms with Gasteiger partial charge in [0.05, 0.1) is 30.1 Å². The fraction of sp³-hybridized carbons (Fsp3) is 0.688. The first-order valence-corrected chi connectivity index (χ1v) is 16.7. The zero-order valence-electron chi connectivity index (χ0n) is 26.1. The molecule has 3 aliphatic heterocycles. The Hall–Kier alpha value is -3.16. The fourth-order valence-corrected chi connectivity index (χ4v) is 7.73. The smallest absolute Gasteiger partial charge is 0.284 e. The van der Waals surface area contributed by atoms with E-state index in [-0.39, 0.29) is 29.5 Å². The summed E-state index contributed by atoms with van der Waals surface area (Å²) in [7, 11) is 2.22. The third-order valence-electron chi connectivity index (χ3n) is 10.3. The molecular weight excluding hydrogens is 580 g/mol. The number of carbonyl (C=O) groups is 1. The molecule has 2 atom stereocenters. The minimum atomic E-state index is -2.81. The highest BCUT2D eigenvalue weighted by Gasteiger charge is 2.34. The molecule has 13 heteroatoms. The molecule has 1 aliphatic carbocycles. The molecule has 3 aromatic heterocycles. The zero-order valence-corrected chi connectivity index (χ0v) is 26.1. The van der Waals surface area contributed by atoms with E-state index in [1.165, 1.54) is 30.0 Å². The van der Waals surface area contributed by atoms with Gasteiger partial charge in [0.15, 0.2) is 11.3 Å². The molecule has 2 N–H and O–H groups in total. The molecule has 0 spiro atoms. The Morgan fingerprint density at radius 2 is 1.84 bits per heavy atom. The minimum Gasteiger partial charge on any atom is -0.371 e. The first-order valence-electron chi connectivity index (χ1n) is 16.7. The predicted molar refractivity (Wildman–Crippen MR) is 167 cm³/mol. The second-order valence-corrected chi connectivity index (χ2v) is 13.6. The predicted octanol–water partition coefficient (Wildman–Crippen LogP) is 4.54. The average molecular weight is 626 g/mol. The van der Waals surface area contributed by atoms with Crippen LogP contribution in [-0.2, 0) is 4.74 Å². The zero-order chi connectivity index (χ0) is 30.9. The van der Waals surface area contributed by atoms with Gasteiger partial charge in [0.2, 0.25) is 0 Å². The molecule has 11 nitrogen and oxygen atoms in total. The topological polar surface area (TPSA) is 105 Å². The molecule has 4 fully saturated rings. The van der Waals surface area contributed by atoms with Crippen LogP contribution in [0.2, 0.25) is 0 Å². The maximum absolute atomic E-state index is 14.1. The van der Waals surface area contributed by atoms with Crippen LogP contribution in [0.15, 0.2) is 24.7 Å². The highest BCUT2D eigenvalue weighted by atomic mass is 19.3. The second kappa shape index (κ2) is 13.3. The SMILES string of the molecule is CN(CCC1CCNCC1)CC1CCC(n2cc(NC(=O)c3cnn4ccc(N5CC6CCC(C5)O6)nc34)c(C(F)F)n2)CC1. The quantitative estimate of drug-likeness (QED) is 0.339. The number of alkyl halides is 2. The lowest BCUT2D eigenvalue weighted by Gasteiger charge is -2.32. The Morgan fingerprint density at radius 3 is 2.58 bits per heavy atom. The molecule has 0 aromatic carbocycles. The van der Waals surface area contributed by atoms with E-state index in [9.17, 15) is 13.6 Å². The third kappa shape index (κ3) is 6.85. The number of carbonyl (C=O) groups excluding carboxylic acids is 1. The van der Waals surface area contributed by atoms with Crippen LogP contribution >= 0.6 is 0 Å². The van der Waals surface area contributed by atoms with Gasteiger partial charge in [-0.15, -0.1) is 0 Å². The van der Waals surface area contributed by atoms with Crippen LogP contribution in [-0.4, -0.2) is 93.7 Å². The Bertz CT molecular complexity index is 1450. The first kappa shape index (κ1) is 30.5. The van der Waals surface area contributed by atoms with Crippen molar-refractivity contribution in [1.82, 2.24) is 34.6 Å². The van der Waals surface area contributed by atoms with Crippen molar-refractivity contribution in [2.75, 3.05) is 56.5 Å². The van der Waals surface area contributed by atoms with Crippen LogP contribution in [0, 0.1) is 11.8 Å². The van der Waals surface area contributed by atoms with E-state index in [1.54, 1.807) is 17.1 Å². The summed E-state index contributed by atoms with van der Waals surface area (Å²) in [6.45, 7) is 5.98. The summed E-state index contributed by atoms with van der Waals surface area (Å²) in [5.74, 6) is 1.65. The number of halogens is 2. The van der Waals surface area contributed by atoms with Gasteiger partial charge in [-0.05, 0) is 102 Å². The van der Waals surface area contributed by atoms with Crippen LogP contribution in [0.4, 0.5) is 20.3 Å². The molecule has 2 bridgehead atoms. The number of piperidine rings is 1. The van der Waals surface area contributed by atoms with Gasteiger partial charge in [0.25, 0.3) is 12.3 Å². The van der Waals surface area contributed by atoms with E-state index in [1.807, 2.05) is 6.07 Å². The summed E-state index contributed by atoms with van der Waals surface area (Å²) >= 11 is 0. The molecule has 3 aromatic rings. The van der Waals surface area contributed by atoms with Gasteiger partial charge in [0, 0.05) is 32.0 Å². The number of morpholine rings is 1. The molecule has 4 aliphatic rings. The Labute approximate surface area is 262 Å². The van der Waals surface area contributed by atoms with Gasteiger partial charge >= 0.3 is 0 Å². The van der Waals surface area contributed by atoms with Crippen molar-refractivity contribution in [3.8, 4) is 0 Å². The lowest BCUT2D eigenvalue weighted by atomic mass is 9.85. The van der Waals surface area contributed by atoms with Crippen LogP contribution in [0.1, 0.15) is 86.3 Å². The fourth-order valence-electron chi connectivity index (χ4n) is 7.73. The van der Waals surface area contributed by atoms with Crippen LogP contribution in [0.3, 0.4) is 0 Å². The standard InChI is InChI=1S/C32H45F2N9O2/c1-40(14-10-21-8-12-35-13-9-21)17-22-2-4-23(5-3-22)43-20-27(29(39-43)30(33)34)37-32(44)26-16-36-42-15-11-28(38-31(26)42)41-18-24-6-7-25(19-41)45-24/h11,15-16,20-25,30,35H,2-10,12-14,17-19H2,1H3,(H,37,44). The number of ether oxygens (including phenoxy) is 1. The van der Waals surface area contributed by atoms with E-state index in [0.717, 1.165) is 89.5 Å². The van der Waals surface area contributed by atoms with Crippen molar-refractivity contribution in [3.63, 3.8) is 0 Å². The van der Waals surface area contributed by atoms with Gasteiger partial charge in [-0.3, -0.25) is 9.48 Å². The minimum absolute atomic E-state index is 0.0365. The number of anilines is 2. The van der Waals surface area contributed by atoms with E-state index in [4.69, 9.17) is 9.72 Å². The van der Waals surface area contributed by atoms with E-state index in [2.05, 4.69) is 37.7 Å². The van der Waals surface area contributed by atoms with E-state index in [0.29, 0.717) is 11.6 Å². The van der Waals surface area contributed by atoms with Gasteiger partial charge in [-0.25, -0.2) is 18.3 Å². The summed E-state index contributed by atoms with van der Waals surface area (Å²) < 4.78 is 37.4. The molecular formula is C32H45F2N9O2. The van der Waals surface area contributed by atoms with Crippen LogP contribution in [0.5, 0.6) is 0 Å². The lowest BCUT2D eigenvalue weighted by Crippen LogP contribution is -2.43. The lowest BCUT2D eigenvalue weighted by molar-refractivity contribution is 0.0302. The Balaban J connectivity index is 0.977. The number of aromatic nitrogens is 5. The van der Waals surface area contributed by atoms with Gasteiger partial charge < -0.3 is 25.2 Å². The molecule has 6 heterocycles. The average Bonchev–Trinajstić information content (AvgIpc) is 3.77. The first-order chi connectivity index (χ1) is 21.9. The number of fused-ring (bicyclic) bond motifs is 3. The number of rotatable bonds is 10. The van der Waals surface area contributed by atoms with E-state index >= 15 is 0 Å². The molecule has 45 heavy (non-hydrogen) atoms. The van der Waals surface area contributed by atoms with Gasteiger partial charge in [0.1, 0.15) is 11.4 Å². The summed E-state index contributed by atoms with van der Waals surface area (Å²) in [5.41, 5.74) is 0.242. The van der Waals surface area contributed by atoms with Gasteiger partial charge in [-0.1, -0.05) is 0 Å². The highest BCUT2D eigenvalue weighted by molar-refractivity contribution is 6.08. The van der Waals surface area contributed by atoms with Crippen molar-refractivity contribution in [1.29, 1.82) is 0 Å². The van der Waals surface area contributed by atoms with Crippen molar-refractivity contribution in [2.45, 2.75) is 82.5 Å². The molecule has 7 rings (SSSR count). The Kier molecular flexibility index (Phi) is 9.01. The second-order valence-electron chi connectivity index (χ2n) is 13.6. The van der Waals surface area contributed by atoms with Crippen LogP contribution in [0.25, 0.3) is 5.65 Å². The molecule has 1 saturated carbocycles. The normalized spacial score (nSPS) is 25.9. The highest BCUT2D eigenvalue weighted by Crippen LogP contribution is 2.35. The van der Waals surface area contributed by atoms with Crippen molar-refractivity contribution < 1.29 is 18.3 Å². The molecule has 1 amide bonds. The van der Waals surface area contributed by atoms with Gasteiger partial charge in [-0.2, -0.15) is 10.2 Å². The number of hydrogen-bond acceptors (Lipinski definition) is 8. The summed E-state index contributed by atoms with van der Waals surface area (Å²) in [5, 5.41) is 14.7.